The molecule has 1 N–H and O–H groups in total. The summed E-state index contributed by atoms with van der Waals surface area (Å²) < 4.78 is 2.08. The van der Waals surface area contributed by atoms with Gasteiger partial charge in [-0.3, -0.25) is 0 Å². The van der Waals surface area contributed by atoms with E-state index >= 15 is 0 Å². The van der Waals surface area contributed by atoms with E-state index in [0.29, 0.717) is 12.0 Å². The molecule has 90 valence electrons. The Morgan fingerprint density at radius 1 is 1.44 bits per heavy atom. The zero-order chi connectivity index (χ0) is 11.4. The predicted octanol–water partition coefficient (Wildman–Crippen LogP) is 1.93. The second-order valence-electron chi connectivity index (χ2n) is 4.67. The van der Waals surface area contributed by atoms with Gasteiger partial charge in [-0.25, -0.2) is 4.68 Å². The van der Waals surface area contributed by atoms with Crippen LogP contribution in [-0.2, 0) is 6.54 Å². The molecule has 4 nitrogen and oxygen atoms in total. The average molecular weight is 222 g/mol. The molecule has 1 aromatic heterocycles. The molecule has 1 heterocycles. The predicted molar refractivity (Wildman–Crippen MR) is 64.4 cm³/mol. The lowest BCUT2D eigenvalue weighted by molar-refractivity contribution is 0.328. The molecule has 4 heteroatoms. The molecule has 0 spiro atoms. The number of hydrogen-bond acceptors (Lipinski definition) is 3. The Morgan fingerprint density at radius 3 is 3.00 bits per heavy atom. The monoisotopic (exact) mass is 222 g/mol. The second-order valence-corrected chi connectivity index (χ2v) is 4.67. The summed E-state index contributed by atoms with van der Waals surface area (Å²) in [6, 6.07) is 0.600. The van der Waals surface area contributed by atoms with Gasteiger partial charge in [-0.1, -0.05) is 25.0 Å². The highest BCUT2D eigenvalue weighted by molar-refractivity contribution is 5.09. The van der Waals surface area contributed by atoms with Gasteiger partial charge in [0.1, 0.15) is 0 Å². The maximum atomic E-state index is 4.19. The number of nitrogens with zero attached hydrogens (tertiary/aromatic N) is 3. The SMILES string of the molecule is CCCn1nncc1C1CCCCC1NC. The van der Waals surface area contributed by atoms with E-state index in [2.05, 4.69) is 34.3 Å². The zero-order valence-electron chi connectivity index (χ0n) is 10.3. The first kappa shape index (κ1) is 11.6. The van der Waals surface area contributed by atoms with Crippen LogP contribution in [0, 0.1) is 0 Å². The van der Waals surface area contributed by atoms with Gasteiger partial charge in [0.05, 0.1) is 11.9 Å². The maximum Gasteiger partial charge on any atom is 0.0728 e. The highest BCUT2D eigenvalue weighted by atomic mass is 15.4. The third-order valence-electron chi connectivity index (χ3n) is 3.60. The topological polar surface area (TPSA) is 42.7 Å². The van der Waals surface area contributed by atoms with Crippen molar-refractivity contribution in [3.05, 3.63) is 11.9 Å². The van der Waals surface area contributed by atoms with Gasteiger partial charge < -0.3 is 5.32 Å². The normalized spacial score (nSPS) is 25.9. The standard InChI is InChI=1S/C12H22N4/c1-3-8-16-12(9-14-15-16)10-6-4-5-7-11(10)13-2/h9-11,13H,3-8H2,1-2H3. The molecule has 2 rings (SSSR count). The van der Waals surface area contributed by atoms with Crippen molar-refractivity contribution in [3.8, 4) is 0 Å². The number of likely N-dealkylation sites (N-methyl/N-ethyl adjacent to an activating group) is 1. The number of aromatic nitrogens is 3. The van der Waals surface area contributed by atoms with E-state index in [9.17, 15) is 0 Å². The van der Waals surface area contributed by atoms with Crippen LogP contribution in [0.5, 0.6) is 0 Å². The molecule has 1 aromatic rings. The molecule has 0 aliphatic heterocycles. The molecule has 1 aliphatic carbocycles. The maximum absolute atomic E-state index is 4.19. The lowest BCUT2D eigenvalue weighted by atomic mass is 9.82. The van der Waals surface area contributed by atoms with Crippen LogP contribution in [0.25, 0.3) is 0 Å². The van der Waals surface area contributed by atoms with Crippen LogP contribution >= 0.6 is 0 Å². The minimum atomic E-state index is 0.597. The number of nitrogens with one attached hydrogen (secondary N) is 1. The summed E-state index contributed by atoms with van der Waals surface area (Å²) in [6.07, 6.45) is 8.29. The van der Waals surface area contributed by atoms with E-state index in [0.717, 1.165) is 13.0 Å². The summed E-state index contributed by atoms with van der Waals surface area (Å²) in [5, 5.41) is 11.7. The molecular formula is C12H22N4. The fraction of sp³-hybridized carbons (Fsp3) is 0.833. The van der Waals surface area contributed by atoms with Gasteiger partial charge >= 0.3 is 0 Å². The third kappa shape index (κ3) is 2.26. The molecule has 0 bridgehead atoms. The summed E-state index contributed by atoms with van der Waals surface area (Å²) in [7, 11) is 2.07. The van der Waals surface area contributed by atoms with Crippen molar-refractivity contribution < 1.29 is 0 Å². The first-order valence-corrected chi connectivity index (χ1v) is 6.42. The van der Waals surface area contributed by atoms with Gasteiger partial charge in [-0.05, 0) is 26.3 Å². The fourth-order valence-electron chi connectivity index (χ4n) is 2.77. The van der Waals surface area contributed by atoms with Gasteiger partial charge in [-0.2, -0.15) is 0 Å². The summed E-state index contributed by atoms with van der Waals surface area (Å²) in [6.45, 7) is 3.17. The molecule has 1 fully saturated rings. The van der Waals surface area contributed by atoms with Crippen molar-refractivity contribution in [2.24, 2.45) is 0 Å². The Balaban J connectivity index is 2.16. The largest absolute Gasteiger partial charge is 0.316 e. The van der Waals surface area contributed by atoms with Crippen LogP contribution in [0.3, 0.4) is 0 Å². The molecule has 2 atom stereocenters. The van der Waals surface area contributed by atoms with E-state index < -0.39 is 0 Å². The van der Waals surface area contributed by atoms with Gasteiger partial charge in [0.15, 0.2) is 0 Å². The van der Waals surface area contributed by atoms with Crippen LogP contribution in [0.4, 0.5) is 0 Å². The first-order valence-electron chi connectivity index (χ1n) is 6.42. The Hall–Kier alpha value is -0.900. The smallest absolute Gasteiger partial charge is 0.0728 e. The second kappa shape index (κ2) is 5.43. The van der Waals surface area contributed by atoms with Gasteiger partial charge in [-0.15, -0.1) is 5.10 Å². The molecule has 16 heavy (non-hydrogen) atoms. The lowest BCUT2D eigenvalue weighted by Crippen LogP contribution is -2.35. The quantitative estimate of drug-likeness (QED) is 0.846. The van der Waals surface area contributed by atoms with Crippen molar-refractivity contribution in [2.45, 2.75) is 57.5 Å². The molecular weight excluding hydrogens is 200 g/mol. The Labute approximate surface area is 97.4 Å². The van der Waals surface area contributed by atoms with Crippen LogP contribution in [0.1, 0.15) is 50.6 Å². The van der Waals surface area contributed by atoms with Crippen molar-refractivity contribution in [2.75, 3.05) is 7.05 Å². The Morgan fingerprint density at radius 2 is 2.25 bits per heavy atom. The average Bonchev–Trinajstić information content (AvgIpc) is 2.77. The first-order chi connectivity index (χ1) is 7.86. The number of aryl methyl sites for hydroxylation is 1. The van der Waals surface area contributed by atoms with E-state index in [4.69, 9.17) is 0 Å². The van der Waals surface area contributed by atoms with E-state index in [1.54, 1.807) is 0 Å². The van der Waals surface area contributed by atoms with E-state index in [1.165, 1.54) is 31.4 Å². The molecule has 1 aliphatic rings. The van der Waals surface area contributed by atoms with Crippen molar-refractivity contribution in [1.29, 1.82) is 0 Å². The molecule has 1 saturated carbocycles. The third-order valence-corrected chi connectivity index (χ3v) is 3.60. The zero-order valence-corrected chi connectivity index (χ0v) is 10.3. The summed E-state index contributed by atoms with van der Waals surface area (Å²) >= 11 is 0. The van der Waals surface area contributed by atoms with E-state index in [1.807, 2.05) is 6.20 Å². The van der Waals surface area contributed by atoms with Crippen LogP contribution in [-0.4, -0.2) is 28.1 Å². The lowest BCUT2D eigenvalue weighted by Gasteiger charge is -2.31. The molecule has 0 amide bonds. The summed E-state index contributed by atoms with van der Waals surface area (Å²) in [5.41, 5.74) is 1.32. The molecule has 0 aromatic carbocycles. The van der Waals surface area contributed by atoms with Gasteiger partial charge in [0.2, 0.25) is 0 Å². The molecule has 0 radical (unpaired) electrons. The fourth-order valence-corrected chi connectivity index (χ4v) is 2.77. The van der Waals surface area contributed by atoms with Crippen molar-refractivity contribution in [3.63, 3.8) is 0 Å². The number of hydrogen-bond donors (Lipinski definition) is 1. The van der Waals surface area contributed by atoms with Gasteiger partial charge in [0.25, 0.3) is 0 Å². The van der Waals surface area contributed by atoms with E-state index in [-0.39, 0.29) is 0 Å². The van der Waals surface area contributed by atoms with Crippen LogP contribution < -0.4 is 5.32 Å². The Bertz CT molecular complexity index is 321. The minimum Gasteiger partial charge on any atom is -0.316 e. The minimum absolute atomic E-state index is 0.597. The van der Waals surface area contributed by atoms with Gasteiger partial charge in [0, 0.05) is 18.5 Å². The highest BCUT2D eigenvalue weighted by Gasteiger charge is 2.27. The molecule has 2 unspecified atom stereocenters. The highest BCUT2D eigenvalue weighted by Crippen LogP contribution is 2.32. The molecule has 0 saturated heterocycles. The number of rotatable bonds is 4. The summed E-state index contributed by atoms with van der Waals surface area (Å²) in [5.74, 6) is 0.597. The van der Waals surface area contributed by atoms with Crippen LogP contribution in [0.2, 0.25) is 0 Å². The van der Waals surface area contributed by atoms with Crippen molar-refractivity contribution in [1.82, 2.24) is 20.3 Å². The summed E-state index contributed by atoms with van der Waals surface area (Å²) in [4.78, 5) is 0. The van der Waals surface area contributed by atoms with Crippen molar-refractivity contribution >= 4 is 0 Å². The Kier molecular flexibility index (Phi) is 3.93. The van der Waals surface area contributed by atoms with Crippen LogP contribution in [0.15, 0.2) is 6.20 Å².